The van der Waals surface area contributed by atoms with Gasteiger partial charge >= 0.3 is 12.1 Å². The Balaban J connectivity index is 1.95. The molecule has 0 saturated carbocycles. The van der Waals surface area contributed by atoms with Crippen molar-refractivity contribution in [1.29, 1.82) is 0 Å². The second-order valence-corrected chi connectivity index (χ2v) is 5.82. The van der Waals surface area contributed by atoms with Crippen molar-refractivity contribution in [2.24, 2.45) is 0 Å². The summed E-state index contributed by atoms with van der Waals surface area (Å²) in [7, 11) is 0. The molecule has 2 rings (SSSR count). The fourth-order valence-corrected chi connectivity index (χ4v) is 2.87. The summed E-state index contributed by atoms with van der Waals surface area (Å²) in [4.78, 5) is 37.9. The van der Waals surface area contributed by atoms with Crippen LogP contribution in [0.2, 0.25) is 0 Å². The molecule has 2 atom stereocenters. The molecule has 1 N–H and O–H groups in total. The molecule has 0 aromatic rings. The van der Waals surface area contributed by atoms with E-state index in [0.717, 1.165) is 0 Å². The third-order valence-electron chi connectivity index (χ3n) is 4.11. The van der Waals surface area contributed by atoms with Gasteiger partial charge in [0.15, 0.2) is 0 Å². The molecule has 24 heavy (non-hydrogen) atoms. The Labute approximate surface area is 137 Å². The van der Waals surface area contributed by atoms with Gasteiger partial charge in [-0.25, -0.2) is 0 Å². The summed E-state index contributed by atoms with van der Waals surface area (Å²) in [5, 5.41) is 2.42. The highest BCUT2D eigenvalue weighted by Gasteiger charge is 2.47. The van der Waals surface area contributed by atoms with E-state index in [1.165, 1.54) is 11.8 Å². The quantitative estimate of drug-likeness (QED) is 0.770. The van der Waals surface area contributed by atoms with Gasteiger partial charge in [-0.2, -0.15) is 13.2 Å². The van der Waals surface area contributed by atoms with Gasteiger partial charge in [-0.1, -0.05) is 0 Å². The predicted octanol–water partition coefficient (Wildman–Crippen LogP) is -0.0968. The number of hydrogen-bond acceptors (Lipinski definition) is 4. The molecule has 0 radical (unpaired) electrons. The molecule has 3 amide bonds. The van der Waals surface area contributed by atoms with Crippen LogP contribution in [0.4, 0.5) is 13.2 Å². The smallest absolute Gasteiger partial charge is 0.378 e. The van der Waals surface area contributed by atoms with Gasteiger partial charge in [-0.3, -0.25) is 14.4 Å². The maximum absolute atomic E-state index is 12.6. The maximum Gasteiger partial charge on any atom is 0.471 e. The Morgan fingerprint density at radius 1 is 1.17 bits per heavy atom. The minimum Gasteiger partial charge on any atom is -0.378 e. The van der Waals surface area contributed by atoms with Crippen LogP contribution in [0, 0.1) is 0 Å². The standard InChI is InChI=1S/C14H20F3N3O4/c1-9(12(22)19-5-7-24-8-6-19)18-11(21)10-3-2-4-20(10)13(23)14(15,16)17/h9-10H,2-8H2,1H3,(H,18,21)/t9-,10?/m0/s1. The lowest BCUT2D eigenvalue weighted by Crippen LogP contribution is -2.55. The van der Waals surface area contributed by atoms with E-state index in [1.54, 1.807) is 0 Å². The molecular weight excluding hydrogens is 331 g/mol. The van der Waals surface area contributed by atoms with Crippen LogP contribution in [-0.4, -0.2) is 78.6 Å². The molecule has 0 aromatic carbocycles. The summed E-state index contributed by atoms with van der Waals surface area (Å²) >= 11 is 0. The molecule has 136 valence electrons. The van der Waals surface area contributed by atoms with E-state index in [1.807, 2.05) is 0 Å². The summed E-state index contributed by atoms with van der Waals surface area (Å²) in [6.45, 7) is 2.97. The number of ether oxygens (including phenoxy) is 1. The largest absolute Gasteiger partial charge is 0.471 e. The van der Waals surface area contributed by atoms with Gasteiger partial charge in [0.05, 0.1) is 13.2 Å². The normalized spacial score (nSPS) is 23.1. The highest BCUT2D eigenvalue weighted by Crippen LogP contribution is 2.25. The molecule has 0 spiro atoms. The molecule has 10 heteroatoms. The van der Waals surface area contributed by atoms with E-state index < -0.39 is 30.1 Å². The molecule has 0 aliphatic carbocycles. The number of rotatable bonds is 3. The second kappa shape index (κ2) is 7.37. The summed E-state index contributed by atoms with van der Waals surface area (Å²) in [5.74, 6) is -3.08. The molecule has 0 bridgehead atoms. The average molecular weight is 351 g/mol. The van der Waals surface area contributed by atoms with Crippen molar-refractivity contribution in [3.8, 4) is 0 Å². The van der Waals surface area contributed by atoms with Gasteiger partial charge in [-0.05, 0) is 19.8 Å². The molecule has 2 aliphatic rings. The van der Waals surface area contributed by atoms with Crippen LogP contribution in [0.3, 0.4) is 0 Å². The van der Waals surface area contributed by atoms with Gasteiger partial charge in [0.2, 0.25) is 11.8 Å². The maximum atomic E-state index is 12.6. The minimum absolute atomic E-state index is 0.123. The van der Waals surface area contributed by atoms with Crippen molar-refractivity contribution in [3.05, 3.63) is 0 Å². The zero-order chi connectivity index (χ0) is 17.9. The zero-order valence-electron chi connectivity index (χ0n) is 13.3. The first kappa shape index (κ1) is 18.5. The van der Waals surface area contributed by atoms with E-state index in [4.69, 9.17) is 4.74 Å². The molecule has 0 aromatic heterocycles. The number of hydrogen-bond donors (Lipinski definition) is 1. The summed E-state index contributed by atoms with van der Waals surface area (Å²) in [6.07, 6.45) is -4.56. The number of nitrogens with one attached hydrogen (secondary N) is 1. The number of halogens is 3. The van der Waals surface area contributed by atoms with Crippen LogP contribution in [0.5, 0.6) is 0 Å². The third-order valence-corrected chi connectivity index (χ3v) is 4.11. The molecule has 2 heterocycles. The minimum atomic E-state index is -5.02. The SMILES string of the molecule is C[C@H](NC(=O)C1CCCN1C(=O)C(F)(F)F)C(=O)N1CCOCC1. The van der Waals surface area contributed by atoms with Crippen molar-refractivity contribution in [2.75, 3.05) is 32.8 Å². The van der Waals surface area contributed by atoms with Gasteiger partial charge in [0.25, 0.3) is 0 Å². The summed E-state index contributed by atoms with van der Waals surface area (Å²) in [5.41, 5.74) is 0. The van der Waals surface area contributed by atoms with Crippen LogP contribution < -0.4 is 5.32 Å². The van der Waals surface area contributed by atoms with Crippen molar-refractivity contribution in [2.45, 2.75) is 38.0 Å². The molecule has 2 saturated heterocycles. The van der Waals surface area contributed by atoms with Crippen molar-refractivity contribution < 1.29 is 32.3 Å². The molecule has 2 aliphatic heterocycles. The molecule has 7 nitrogen and oxygen atoms in total. The Morgan fingerprint density at radius 3 is 2.38 bits per heavy atom. The lowest BCUT2D eigenvalue weighted by molar-refractivity contribution is -0.186. The van der Waals surface area contributed by atoms with Gasteiger partial charge in [0.1, 0.15) is 12.1 Å². The van der Waals surface area contributed by atoms with Crippen LogP contribution in [0.25, 0.3) is 0 Å². The number of likely N-dealkylation sites (tertiary alicyclic amines) is 1. The zero-order valence-corrected chi connectivity index (χ0v) is 13.3. The first-order valence-electron chi connectivity index (χ1n) is 7.76. The first-order valence-corrected chi connectivity index (χ1v) is 7.76. The fraction of sp³-hybridized carbons (Fsp3) is 0.786. The Bertz CT molecular complexity index is 506. The Kier molecular flexibility index (Phi) is 5.68. The van der Waals surface area contributed by atoms with Crippen molar-refractivity contribution in [3.63, 3.8) is 0 Å². The molecule has 2 fully saturated rings. The van der Waals surface area contributed by atoms with Crippen LogP contribution >= 0.6 is 0 Å². The van der Waals surface area contributed by atoms with Gasteiger partial charge < -0.3 is 19.9 Å². The van der Waals surface area contributed by atoms with Crippen molar-refractivity contribution >= 4 is 17.7 Å². The van der Waals surface area contributed by atoms with E-state index in [2.05, 4.69) is 5.32 Å². The summed E-state index contributed by atoms with van der Waals surface area (Å²) in [6, 6.07) is -2.07. The number of carbonyl (C=O) groups excluding carboxylic acids is 3. The first-order chi connectivity index (χ1) is 11.2. The lowest BCUT2D eigenvalue weighted by Gasteiger charge is -2.30. The van der Waals surface area contributed by atoms with Crippen LogP contribution in [0.15, 0.2) is 0 Å². The number of morpholine rings is 1. The van der Waals surface area contributed by atoms with E-state index in [9.17, 15) is 27.6 Å². The van der Waals surface area contributed by atoms with E-state index >= 15 is 0 Å². The van der Waals surface area contributed by atoms with E-state index in [0.29, 0.717) is 37.6 Å². The van der Waals surface area contributed by atoms with Gasteiger partial charge in [0, 0.05) is 19.6 Å². The number of alkyl halides is 3. The number of carbonyl (C=O) groups is 3. The highest BCUT2D eigenvalue weighted by atomic mass is 19.4. The van der Waals surface area contributed by atoms with Crippen molar-refractivity contribution in [1.82, 2.24) is 15.1 Å². The van der Waals surface area contributed by atoms with Crippen LogP contribution in [0.1, 0.15) is 19.8 Å². The lowest BCUT2D eigenvalue weighted by atomic mass is 10.1. The Hall–Kier alpha value is -1.84. The second-order valence-electron chi connectivity index (χ2n) is 5.82. The highest BCUT2D eigenvalue weighted by molar-refractivity contribution is 5.93. The number of nitrogens with zero attached hydrogens (tertiary/aromatic N) is 2. The molecular formula is C14H20F3N3O4. The molecule has 1 unspecified atom stereocenters. The van der Waals surface area contributed by atoms with E-state index in [-0.39, 0.29) is 18.9 Å². The summed E-state index contributed by atoms with van der Waals surface area (Å²) < 4.78 is 42.9. The Morgan fingerprint density at radius 2 is 1.79 bits per heavy atom. The monoisotopic (exact) mass is 351 g/mol. The average Bonchev–Trinajstić information content (AvgIpc) is 3.02. The number of amides is 3. The predicted molar refractivity (Wildman–Crippen MR) is 75.8 cm³/mol. The van der Waals surface area contributed by atoms with Crippen LogP contribution in [-0.2, 0) is 19.1 Å². The third kappa shape index (κ3) is 4.16. The van der Waals surface area contributed by atoms with Gasteiger partial charge in [-0.15, -0.1) is 0 Å². The topological polar surface area (TPSA) is 79.0 Å². The fourth-order valence-electron chi connectivity index (χ4n) is 2.87.